The first-order valence-electron chi connectivity index (χ1n) is 16.8. The van der Waals surface area contributed by atoms with Crippen LogP contribution >= 0.6 is 23.2 Å². The molecule has 2 aliphatic heterocycles. The Morgan fingerprint density at radius 3 is 2.78 bits per heavy atom. The van der Waals surface area contributed by atoms with E-state index in [0.29, 0.717) is 51.3 Å². The third-order valence-electron chi connectivity index (χ3n) is 9.44. The Balaban J connectivity index is 0.968. The van der Waals surface area contributed by atoms with E-state index in [-0.39, 0.29) is 18.6 Å². The van der Waals surface area contributed by atoms with Gasteiger partial charge in [0.1, 0.15) is 18.2 Å². The maximum atomic E-state index is 14.2. The summed E-state index contributed by atoms with van der Waals surface area (Å²) in [5.41, 5.74) is 6.76. The molecule has 3 aromatic heterocycles. The van der Waals surface area contributed by atoms with E-state index in [9.17, 15) is 9.18 Å². The van der Waals surface area contributed by atoms with Crippen LogP contribution in [0.5, 0.6) is 5.88 Å². The van der Waals surface area contributed by atoms with Gasteiger partial charge in [-0.15, -0.1) is 0 Å². The fourth-order valence-electron chi connectivity index (χ4n) is 6.51. The second-order valence-electron chi connectivity index (χ2n) is 12.9. The SMILES string of the molecule is Cc1n[nH]c2c(Cl)cc(C(=O)Nc3ccc4c(c3)nc(CN3CC=C(c5cccc(OCc6ccc(Cl)cc6F)n5)CC3)n4C[C@@H]3CCO3)cc12. The number of nitrogens with one attached hydrogen (secondary N) is 2. The summed E-state index contributed by atoms with van der Waals surface area (Å²) >= 11 is 12.3. The second-order valence-corrected chi connectivity index (χ2v) is 13.7. The summed E-state index contributed by atoms with van der Waals surface area (Å²) in [6.07, 6.45) is 4.16. The number of nitrogens with zero attached hydrogens (tertiary/aromatic N) is 5. The van der Waals surface area contributed by atoms with Gasteiger partial charge in [0.2, 0.25) is 5.88 Å². The number of pyridine rings is 1. The topological polar surface area (TPSA) is 110 Å². The molecular weight excluding hydrogens is 692 g/mol. The Kier molecular flexibility index (Phi) is 9.20. The fourth-order valence-corrected chi connectivity index (χ4v) is 6.93. The Morgan fingerprint density at radius 2 is 2.00 bits per heavy atom. The average Bonchev–Trinajstić information content (AvgIpc) is 3.65. The van der Waals surface area contributed by atoms with Crippen LogP contribution in [0.15, 0.2) is 72.8 Å². The van der Waals surface area contributed by atoms with Gasteiger partial charge in [-0.2, -0.15) is 5.10 Å². The van der Waals surface area contributed by atoms with Gasteiger partial charge in [0.25, 0.3) is 5.91 Å². The van der Waals surface area contributed by atoms with Gasteiger partial charge >= 0.3 is 0 Å². The van der Waals surface area contributed by atoms with E-state index in [1.165, 1.54) is 6.07 Å². The molecule has 8 rings (SSSR count). The molecule has 1 fully saturated rings. The Morgan fingerprint density at radius 1 is 1.12 bits per heavy atom. The minimum atomic E-state index is -0.407. The largest absolute Gasteiger partial charge is 0.473 e. The van der Waals surface area contributed by atoms with Crippen LogP contribution < -0.4 is 10.1 Å². The average molecular weight is 727 g/mol. The Bertz CT molecular complexity index is 2320. The lowest BCUT2D eigenvalue weighted by molar-refractivity contribution is -0.0591. The zero-order valence-electron chi connectivity index (χ0n) is 27.8. The van der Waals surface area contributed by atoms with Gasteiger partial charge < -0.3 is 19.4 Å². The van der Waals surface area contributed by atoms with Crippen LogP contribution in [-0.4, -0.2) is 61.3 Å². The molecule has 0 aliphatic carbocycles. The summed E-state index contributed by atoms with van der Waals surface area (Å²) in [4.78, 5) is 25.4. The molecule has 0 spiro atoms. The summed E-state index contributed by atoms with van der Waals surface area (Å²) in [5.74, 6) is 0.705. The van der Waals surface area contributed by atoms with Crippen LogP contribution in [-0.2, 0) is 24.4 Å². The first-order chi connectivity index (χ1) is 24.8. The van der Waals surface area contributed by atoms with Crippen molar-refractivity contribution in [3.63, 3.8) is 0 Å². The highest BCUT2D eigenvalue weighted by Gasteiger charge is 2.24. The van der Waals surface area contributed by atoms with Crippen molar-refractivity contribution in [3.05, 3.63) is 117 Å². The predicted octanol–water partition coefficient (Wildman–Crippen LogP) is 7.97. The fraction of sp³-hybridized carbons (Fsp3) is 0.263. The first-order valence-corrected chi connectivity index (χ1v) is 17.5. The van der Waals surface area contributed by atoms with E-state index >= 15 is 0 Å². The van der Waals surface area contributed by atoms with Crippen molar-refractivity contribution in [1.29, 1.82) is 0 Å². The van der Waals surface area contributed by atoms with E-state index in [1.54, 1.807) is 30.3 Å². The number of imidazole rings is 1. The highest BCUT2D eigenvalue weighted by molar-refractivity contribution is 6.35. The maximum absolute atomic E-state index is 14.2. The molecule has 0 bridgehead atoms. The van der Waals surface area contributed by atoms with Gasteiger partial charge in [0.15, 0.2) is 0 Å². The molecule has 51 heavy (non-hydrogen) atoms. The van der Waals surface area contributed by atoms with Crippen LogP contribution in [0.3, 0.4) is 0 Å². The number of rotatable bonds is 10. The molecule has 0 saturated carbocycles. The molecule has 6 aromatic rings. The van der Waals surface area contributed by atoms with E-state index in [1.807, 2.05) is 37.3 Å². The van der Waals surface area contributed by atoms with Crippen LogP contribution in [0.1, 0.15) is 46.0 Å². The van der Waals surface area contributed by atoms with Gasteiger partial charge in [0, 0.05) is 53.0 Å². The van der Waals surface area contributed by atoms with Gasteiger partial charge in [-0.25, -0.2) is 14.4 Å². The summed E-state index contributed by atoms with van der Waals surface area (Å²) in [6, 6.07) is 19.4. The van der Waals surface area contributed by atoms with Crippen molar-refractivity contribution in [1.82, 2.24) is 29.6 Å². The van der Waals surface area contributed by atoms with Crippen molar-refractivity contribution >= 4 is 62.3 Å². The molecule has 13 heteroatoms. The number of carbonyl (C=O) groups is 1. The Labute approximate surface area is 303 Å². The third-order valence-corrected chi connectivity index (χ3v) is 9.98. The molecule has 0 radical (unpaired) electrons. The lowest BCUT2D eigenvalue weighted by Crippen LogP contribution is -2.33. The number of H-pyrrole nitrogens is 1. The molecule has 2 N–H and O–H groups in total. The molecular formula is C38H34Cl2FN7O3. The number of aromatic nitrogens is 5. The van der Waals surface area contributed by atoms with Crippen molar-refractivity contribution in [3.8, 4) is 5.88 Å². The number of benzene rings is 3. The monoisotopic (exact) mass is 725 g/mol. The van der Waals surface area contributed by atoms with Crippen LogP contribution in [0.4, 0.5) is 10.1 Å². The summed E-state index contributed by atoms with van der Waals surface area (Å²) < 4.78 is 28.1. The van der Waals surface area contributed by atoms with E-state index < -0.39 is 5.82 Å². The number of halogens is 3. The zero-order chi connectivity index (χ0) is 35.1. The van der Waals surface area contributed by atoms with Gasteiger partial charge in [0.05, 0.1) is 52.2 Å². The minimum Gasteiger partial charge on any atom is -0.473 e. The quantitative estimate of drug-likeness (QED) is 0.147. The molecule has 10 nitrogen and oxygen atoms in total. The molecule has 0 unspecified atom stereocenters. The summed E-state index contributed by atoms with van der Waals surface area (Å²) in [5, 5.41) is 11.7. The molecule has 1 amide bonds. The summed E-state index contributed by atoms with van der Waals surface area (Å²) in [7, 11) is 0. The van der Waals surface area contributed by atoms with E-state index in [4.69, 9.17) is 42.6 Å². The number of aromatic amines is 1. The smallest absolute Gasteiger partial charge is 0.255 e. The van der Waals surface area contributed by atoms with Crippen molar-refractivity contribution in [2.45, 2.75) is 45.6 Å². The van der Waals surface area contributed by atoms with E-state index in [0.717, 1.165) is 71.7 Å². The van der Waals surface area contributed by atoms with E-state index in [2.05, 4.69) is 31.1 Å². The predicted molar refractivity (Wildman–Crippen MR) is 196 cm³/mol. The zero-order valence-corrected chi connectivity index (χ0v) is 29.3. The highest BCUT2D eigenvalue weighted by atomic mass is 35.5. The standard InChI is InChI=1S/C38H34Cl2FN7O3/c1-22-29-15-25(16-30(40)37(29)46-45-22)38(49)42-27-7-8-34-33(18-27)43-35(48(34)19-28-11-14-50-28)20-47-12-9-23(10-13-47)32-3-2-4-36(44-32)51-21-24-5-6-26(39)17-31(24)41/h2-9,15-18,28H,10-14,19-21H2,1H3,(H,42,49)(H,45,46)/t28-/m0/s1. The number of hydrogen-bond acceptors (Lipinski definition) is 7. The highest BCUT2D eigenvalue weighted by Crippen LogP contribution is 2.29. The lowest BCUT2D eigenvalue weighted by Gasteiger charge is -2.29. The molecule has 3 aromatic carbocycles. The third kappa shape index (κ3) is 7.07. The van der Waals surface area contributed by atoms with Crippen LogP contribution in [0, 0.1) is 12.7 Å². The minimum absolute atomic E-state index is 0.0594. The van der Waals surface area contributed by atoms with Crippen molar-refractivity contribution < 1.29 is 18.7 Å². The molecule has 260 valence electrons. The summed E-state index contributed by atoms with van der Waals surface area (Å²) in [6.45, 7) is 5.62. The Hall–Kier alpha value is -4.81. The molecule has 1 saturated heterocycles. The second kappa shape index (κ2) is 14.1. The van der Waals surface area contributed by atoms with Crippen LogP contribution in [0.25, 0.3) is 27.5 Å². The van der Waals surface area contributed by atoms with Gasteiger partial charge in [-0.05, 0) is 73.9 Å². The lowest BCUT2D eigenvalue weighted by atomic mass is 10.0. The molecule has 1 atom stereocenters. The number of amides is 1. The molecule has 5 heterocycles. The van der Waals surface area contributed by atoms with Crippen molar-refractivity contribution in [2.24, 2.45) is 0 Å². The number of carbonyl (C=O) groups excluding carboxylic acids is 1. The van der Waals surface area contributed by atoms with Crippen molar-refractivity contribution in [2.75, 3.05) is 25.0 Å². The molecule has 2 aliphatic rings. The number of aryl methyl sites for hydroxylation is 1. The van der Waals surface area contributed by atoms with Crippen LogP contribution in [0.2, 0.25) is 10.0 Å². The van der Waals surface area contributed by atoms with Gasteiger partial charge in [-0.1, -0.05) is 41.4 Å². The number of anilines is 1. The maximum Gasteiger partial charge on any atom is 0.255 e. The number of hydrogen-bond donors (Lipinski definition) is 2. The normalized spacial score (nSPS) is 16.3. The van der Waals surface area contributed by atoms with Gasteiger partial charge in [-0.3, -0.25) is 14.8 Å². The first kappa shape index (κ1) is 33.3. The number of fused-ring (bicyclic) bond motifs is 2. The number of ether oxygens (including phenoxy) is 2.